The fourth-order valence-electron chi connectivity index (χ4n) is 3.63. The Kier molecular flexibility index (Phi) is 4.18. The summed E-state index contributed by atoms with van der Waals surface area (Å²) in [5, 5.41) is 30.7. The summed E-state index contributed by atoms with van der Waals surface area (Å²) in [4.78, 5) is 16.5. The highest BCUT2D eigenvalue weighted by Crippen LogP contribution is 2.53. The quantitative estimate of drug-likeness (QED) is 0.631. The molecule has 1 aromatic heterocycles. The van der Waals surface area contributed by atoms with Crippen molar-refractivity contribution in [3.8, 4) is 12.1 Å². The number of likely N-dealkylation sites (tertiary alicyclic amines) is 1. The fourth-order valence-corrected chi connectivity index (χ4v) is 3.63. The lowest BCUT2D eigenvalue weighted by molar-refractivity contribution is -0.384. The van der Waals surface area contributed by atoms with Crippen molar-refractivity contribution in [1.29, 1.82) is 10.5 Å². The van der Waals surface area contributed by atoms with E-state index < -0.39 is 16.4 Å². The summed E-state index contributed by atoms with van der Waals surface area (Å²) in [6, 6.07) is 13.8. The van der Waals surface area contributed by atoms with Crippen molar-refractivity contribution < 1.29 is 4.92 Å². The van der Waals surface area contributed by atoms with Crippen LogP contribution in [0.25, 0.3) is 0 Å². The molecule has 3 rings (SSSR count). The van der Waals surface area contributed by atoms with Crippen LogP contribution in [0.4, 0.5) is 5.69 Å². The Morgan fingerprint density at radius 3 is 2.44 bits per heavy atom. The lowest BCUT2D eigenvalue weighted by Gasteiger charge is -2.28. The Morgan fingerprint density at radius 1 is 1.24 bits per heavy atom. The molecule has 0 spiro atoms. The molecule has 0 radical (unpaired) electrons. The van der Waals surface area contributed by atoms with E-state index >= 15 is 0 Å². The molecule has 1 saturated heterocycles. The molecule has 0 bridgehead atoms. The number of likely N-dealkylation sites (N-methyl/N-ethyl adjacent to an activating group) is 1. The third-order valence-corrected chi connectivity index (χ3v) is 4.77. The Hall–Kier alpha value is -3.29. The number of nitrogens with zero attached hydrogens (tertiary/aromatic N) is 5. The summed E-state index contributed by atoms with van der Waals surface area (Å²) in [7, 11) is 1.87. The number of nitro benzene ring substituents is 1. The number of pyridine rings is 1. The normalized spacial score (nSPS) is 22.0. The van der Waals surface area contributed by atoms with Crippen molar-refractivity contribution in [2.75, 3.05) is 13.6 Å². The summed E-state index contributed by atoms with van der Waals surface area (Å²) in [6.07, 6.45) is 3.31. The molecule has 25 heavy (non-hydrogen) atoms. The Bertz CT molecular complexity index is 853. The molecule has 2 aromatic rings. The van der Waals surface area contributed by atoms with Gasteiger partial charge < -0.3 is 0 Å². The van der Waals surface area contributed by atoms with Gasteiger partial charge in [0.15, 0.2) is 5.41 Å². The summed E-state index contributed by atoms with van der Waals surface area (Å²) in [5.41, 5.74) is 0.233. The van der Waals surface area contributed by atoms with Crippen LogP contribution in [0, 0.1) is 38.2 Å². The first-order valence-corrected chi connectivity index (χ1v) is 7.70. The molecule has 2 atom stereocenters. The topological polar surface area (TPSA) is 107 Å². The molecular formula is C18H15N5O2. The van der Waals surface area contributed by atoms with E-state index in [1.807, 2.05) is 18.0 Å². The highest BCUT2D eigenvalue weighted by atomic mass is 16.6. The monoisotopic (exact) mass is 333 g/mol. The van der Waals surface area contributed by atoms with Gasteiger partial charge in [0.2, 0.25) is 0 Å². The Balaban J connectivity index is 2.07. The zero-order valence-electron chi connectivity index (χ0n) is 13.5. The maximum absolute atomic E-state index is 10.8. The number of hydrogen-bond donors (Lipinski definition) is 0. The van der Waals surface area contributed by atoms with Crippen LogP contribution < -0.4 is 0 Å². The van der Waals surface area contributed by atoms with Gasteiger partial charge in [-0.25, -0.2) is 0 Å². The molecule has 0 unspecified atom stereocenters. The van der Waals surface area contributed by atoms with Gasteiger partial charge in [-0.15, -0.1) is 0 Å². The van der Waals surface area contributed by atoms with E-state index in [9.17, 15) is 20.6 Å². The average molecular weight is 333 g/mol. The predicted molar refractivity (Wildman–Crippen MR) is 89.1 cm³/mol. The summed E-state index contributed by atoms with van der Waals surface area (Å²) >= 11 is 0. The van der Waals surface area contributed by atoms with Gasteiger partial charge in [0, 0.05) is 37.0 Å². The molecule has 1 aromatic carbocycles. The smallest absolute Gasteiger partial charge is 0.269 e. The van der Waals surface area contributed by atoms with Gasteiger partial charge in [-0.2, -0.15) is 10.5 Å². The average Bonchev–Trinajstić information content (AvgIpc) is 2.95. The standard InChI is InChI=1S/C18H15N5O2/c1-22-10-16(13-4-6-15(7-5-13)23(24)25)18(11-19,12-20)17(22)14-3-2-8-21-9-14/h2-9,16-17H,10H2,1H3/t16-,17+/m0/s1. The highest BCUT2D eigenvalue weighted by Gasteiger charge is 2.55. The van der Waals surface area contributed by atoms with Gasteiger partial charge in [0.1, 0.15) is 0 Å². The lowest BCUT2D eigenvalue weighted by atomic mass is 9.71. The van der Waals surface area contributed by atoms with Gasteiger partial charge in [-0.05, 0) is 24.2 Å². The van der Waals surface area contributed by atoms with Gasteiger partial charge in [-0.1, -0.05) is 18.2 Å². The van der Waals surface area contributed by atoms with Crippen LogP contribution in [0.15, 0.2) is 48.8 Å². The van der Waals surface area contributed by atoms with Crippen molar-refractivity contribution in [2.45, 2.75) is 12.0 Å². The van der Waals surface area contributed by atoms with Crippen molar-refractivity contribution in [3.63, 3.8) is 0 Å². The lowest BCUT2D eigenvalue weighted by Crippen LogP contribution is -2.30. The Morgan fingerprint density at radius 2 is 1.92 bits per heavy atom. The molecule has 0 amide bonds. The number of nitriles is 2. The zero-order chi connectivity index (χ0) is 18.0. The van der Waals surface area contributed by atoms with E-state index in [1.165, 1.54) is 12.1 Å². The minimum atomic E-state index is -1.30. The molecule has 1 aliphatic heterocycles. The van der Waals surface area contributed by atoms with Crippen molar-refractivity contribution in [1.82, 2.24) is 9.88 Å². The zero-order valence-corrected chi connectivity index (χ0v) is 13.5. The van der Waals surface area contributed by atoms with E-state index in [4.69, 9.17) is 0 Å². The van der Waals surface area contributed by atoms with E-state index in [1.54, 1.807) is 30.6 Å². The van der Waals surface area contributed by atoms with Gasteiger partial charge >= 0.3 is 0 Å². The number of aromatic nitrogens is 1. The number of rotatable bonds is 3. The number of non-ortho nitro benzene ring substituents is 1. The maximum atomic E-state index is 10.8. The molecule has 7 heteroatoms. The van der Waals surface area contributed by atoms with Gasteiger partial charge in [0.25, 0.3) is 5.69 Å². The third-order valence-electron chi connectivity index (χ3n) is 4.77. The van der Waals surface area contributed by atoms with Crippen LogP contribution in [-0.2, 0) is 0 Å². The second-order valence-electron chi connectivity index (χ2n) is 6.12. The van der Waals surface area contributed by atoms with E-state index in [0.29, 0.717) is 6.54 Å². The summed E-state index contributed by atoms with van der Waals surface area (Å²) in [6.45, 7) is 0.499. The summed E-state index contributed by atoms with van der Waals surface area (Å²) < 4.78 is 0. The molecule has 7 nitrogen and oxygen atoms in total. The minimum Gasteiger partial charge on any atom is -0.296 e. The van der Waals surface area contributed by atoms with E-state index in [0.717, 1.165) is 11.1 Å². The van der Waals surface area contributed by atoms with Crippen molar-refractivity contribution >= 4 is 5.69 Å². The molecular weight excluding hydrogens is 318 g/mol. The Labute approximate surface area is 144 Å². The van der Waals surface area contributed by atoms with Crippen LogP contribution in [0.5, 0.6) is 0 Å². The van der Waals surface area contributed by atoms with E-state index in [2.05, 4.69) is 17.1 Å². The number of nitro groups is 1. The largest absolute Gasteiger partial charge is 0.296 e. The highest BCUT2D eigenvalue weighted by molar-refractivity contribution is 5.42. The molecule has 1 aliphatic rings. The minimum absolute atomic E-state index is 0.0153. The molecule has 1 fully saturated rings. The van der Waals surface area contributed by atoms with Crippen LogP contribution in [0.1, 0.15) is 23.1 Å². The van der Waals surface area contributed by atoms with Crippen molar-refractivity contribution in [2.24, 2.45) is 5.41 Å². The SMILES string of the molecule is CN1C[C@@H](c2ccc([N+](=O)[O-])cc2)C(C#N)(C#N)[C@H]1c1cccnc1. The second-order valence-corrected chi connectivity index (χ2v) is 6.12. The molecule has 2 heterocycles. The first kappa shape index (κ1) is 16.6. The first-order chi connectivity index (χ1) is 12.0. The van der Waals surface area contributed by atoms with Crippen LogP contribution >= 0.6 is 0 Å². The predicted octanol–water partition coefficient (Wildman–Crippen LogP) is 2.79. The third kappa shape index (κ3) is 2.61. The molecule has 0 saturated carbocycles. The molecule has 0 aliphatic carbocycles. The van der Waals surface area contributed by atoms with E-state index in [-0.39, 0.29) is 11.6 Å². The van der Waals surface area contributed by atoms with Crippen LogP contribution in [0.3, 0.4) is 0 Å². The molecule has 0 N–H and O–H groups in total. The van der Waals surface area contributed by atoms with Gasteiger partial charge in [0.05, 0.1) is 23.1 Å². The van der Waals surface area contributed by atoms with Crippen molar-refractivity contribution in [3.05, 3.63) is 70.0 Å². The van der Waals surface area contributed by atoms with Crippen LogP contribution in [0.2, 0.25) is 0 Å². The number of hydrogen-bond acceptors (Lipinski definition) is 6. The second kappa shape index (κ2) is 6.31. The first-order valence-electron chi connectivity index (χ1n) is 7.70. The van der Waals surface area contributed by atoms with Crippen LogP contribution in [-0.4, -0.2) is 28.4 Å². The molecule has 124 valence electrons. The summed E-state index contributed by atoms with van der Waals surface area (Å²) in [5.74, 6) is -0.376. The number of benzene rings is 1. The fraction of sp³-hybridized carbons (Fsp3) is 0.278. The maximum Gasteiger partial charge on any atom is 0.269 e. The van der Waals surface area contributed by atoms with Gasteiger partial charge in [-0.3, -0.25) is 20.0 Å².